The second kappa shape index (κ2) is 4.86. The minimum Gasteiger partial charge on any atom is -0.394 e. The van der Waals surface area contributed by atoms with Gasteiger partial charge < -0.3 is 10.4 Å². The van der Waals surface area contributed by atoms with Gasteiger partial charge >= 0.3 is 0 Å². The molecule has 0 aliphatic heterocycles. The van der Waals surface area contributed by atoms with Crippen LogP contribution in [0.2, 0.25) is 0 Å². The van der Waals surface area contributed by atoms with Gasteiger partial charge in [-0.1, -0.05) is 12.8 Å². The maximum atomic E-state index is 9.51. The summed E-state index contributed by atoms with van der Waals surface area (Å²) < 4.78 is 0. The molecule has 90 valence electrons. The zero-order valence-electron chi connectivity index (χ0n) is 10.2. The molecular formula is C13H21NOS. The molecule has 1 aliphatic rings. The SMILES string of the molecule is Cc1cc(CNC2(CO)CCCC2)c(C)s1. The van der Waals surface area contributed by atoms with Crippen LogP contribution < -0.4 is 5.32 Å². The first kappa shape index (κ1) is 12.1. The molecule has 0 radical (unpaired) electrons. The highest BCUT2D eigenvalue weighted by atomic mass is 32.1. The Kier molecular flexibility index (Phi) is 3.67. The first-order valence-corrected chi connectivity index (χ1v) is 6.89. The number of thiophene rings is 1. The van der Waals surface area contributed by atoms with Gasteiger partial charge in [-0.2, -0.15) is 0 Å². The fourth-order valence-electron chi connectivity index (χ4n) is 2.58. The zero-order chi connectivity index (χ0) is 11.6. The van der Waals surface area contributed by atoms with Gasteiger partial charge in [0.15, 0.2) is 0 Å². The fraction of sp³-hybridized carbons (Fsp3) is 0.692. The van der Waals surface area contributed by atoms with E-state index in [2.05, 4.69) is 25.2 Å². The lowest BCUT2D eigenvalue weighted by atomic mass is 9.98. The monoisotopic (exact) mass is 239 g/mol. The summed E-state index contributed by atoms with van der Waals surface area (Å²) in [7, 11) is 0. The molecule has 1 fully saturated rings. The molecule has 0 bridgehead atoms. The van der Waals surface area contributed by atoms with E-state index in [0.29, 0.717) is 0 Å². The lowest BCUT2D eigenvalue weighted by Crippen LogP contribution is -2.45. The number of rotatable bonds is 4. The number of aryl methyl sites for hydroxylation is 2. The third-order valence-corrected chi connectivity index (χ3v) is 4.67. The Morgan fingerprint density at radius 3 is 2.56 bits per heavy atom. The van der Waals surface area contributed by atoms with E-state index in [1.807, 2.05) is 11.3 Å². The second-order valence-corrected chi connectivity index (χ2v) is 6.40. The maximum absolute atomic E-state index is 9.51. The van der Waals surface area contributed by atoms with E-state index in [1.165, 1.54) is 28.2 Å². The Hall–Kier alpha value is -0.380. The Bertz CT molecular complexity index is 353. The topological polar surface area (TPSA) is 32.3 Å². The standard InChI is InChI=1S/C13H21NOS/c1-10-7-12(11(2)16-10)8-14-13(9-15)5-3-4-6-13/h7,14-15H,3-6,8-9H2,1-2H3. The summed E-state index contributed by atoms with van der Waals surface area (Å²) in [5.41, 5.74) is 1.39. The lowest BCUT2D eigenvalue weighted by Gasteiger charge is -2.28. The van der Waals surface area contributed by atoms with Gasteiger partial charge in [0.25, 0.3) is 0 Å². The number of nitrogens with one attached hydrogen (secondary N) is 1. The van der Waals surface area contributed by atoms with Crippen LogP contribution in [-0.4, -0.2) is 17.3 Å². The van der Waals surface area contributed by atoms with Crippen molar-refractivity contribution in [1.29, 1.82) is 0 Å². The zero-order valence-corrected chi connectivity index (χ0v) is 11.0. The quantitative estimate of drug-likeness (QED) is 0.847. The van der Waals surface area contributed by atoms with E-state index in [1.54, 1.807) is 0 Å². The van der Waals surface area contributed by atoms with Crippen molar-refractivity contribution >= 4 is 11.3 Å². The number of hydrogen-bond acceptors (Lipinski definition) is 3. The molecule has 2 N–H and O–H groups in total. The third-order valence-electron chi connectivity index (χ3n) is 3.66. The summed E-state index contributed by atoms with van der Waals surface area (Å²) in [6.45, 7) is 5.50. The van der Waals surface area contributed by atoms with E-state index in [-0.39, 0.29) is 12.1 Å². The predicted octanol–water partition coefficient (Wildman–Crippen LogP) is 2.76. The van der Waals surface area contributed by atoms with Crippen molar-refractivity contribution in [2.45, 2.75) is 51.6 Å². The number of aliphatic hydroxyl groups excluding tert-OH is 1. The summed E-state index contributed by atoms with van der Waals surface area (Å²) >= 11 is 1.86. The van der Waals surface area contributed by atoms with Gasteiger partial charge in [0.1, 0.15) is 0 Å². The Morgan fingerprint density at radius 1 is 1.38 bits per heavy atom. The number of hydrogen-bond donors (Lipinski definition) is 2. The molecule has 2 rings (SSSR count). The number of aliphatic hydroxyl groups is 1. The molecule has 1 aromatic rings. The van der Waals surface area contributed by atoms with E-state index in [0.717, 1.165) is 19.4 Å². The van der Waals surface area contributed by atoms with Crippen LogP contribution in [0.5, 0.6) is 0 Å². The molecule has 1 aliphatic carbocycles. The van der Waals surface area contributed by atoms with Gasteiger partial charge in [0, 0.05) is 21.8 Å². The summed E-state index contributed by atoms with van der Waals surface area (Å²) in [6.07, 6.45) is 4.72. The first-order chi connectivity index (χ1) is 7.65. The molecule has 3 heteroatoms. The lowest BCUT2D eigenvalue weighted by molar-refractivity contribution is 0.163. The molecular weight excluding hydrogens is 218 g/mol. The van der Waals surface area contributed by atoms with Crippen LogP contribution in [0.15, 0.2) is 6.07 Å². The molecule has 0 aromatic carbocycles. The van der Waals surface area contributed by atoms with Crippen LogP contribution in [0.4, 0.5) is 0 Å². The highest BCUT2D eigenvalue weighted by molar-refractivity contribution is 7.12. The Labute approximate surface area is 102 Å². The van der Waals surface area contributed by atoms with E-state index < -0.39 is 0 Å². The van der Waals surface area contributed by atoms with Gasteiger partial charge in [-0.25, -0.2) is 0 Å². The van der Waals surface area contributed by atoms with Gasteiger partial charge in [0.05, 0.1) is 6.61 Å². The molecule has 2 nitrogen and oxygen atoms in total. The van der Waals surface area contributed by atoms with Crippen LogP contribution in [-0.2, 0) is 6.54 Å². The van der Waals surface area contributed by atoms with E-state index >= 15 is 0 Å². The summed E-state index contributed by atoms with van der Waals surface area (Å²) in [5, 5.41) is 13.1. The van der Waals surface area contributed by atoms with Crippen molar-refractivity contribution < 1.29 is 5.11 Å². The highest BCUT2D eigenvalue weighted by Gasteiger charge is 2.32. The summed E-state index contributed by atoms with van der Waals surface area (Å²) in [6, 6.07) is 2.26. The molecule has 1 heterocycles. The van der Waals surface area contributed by atoms with Crippen LogP contribution >= 0.6 is 11.3 Å². The highest BCUT2D eigenvalue weighted by Crippen LogP contribution is 2.30. The predicted molar refractivity (Wildman–Crippen MR) is 68.9 cm³/mol. The normalized spacial score (nSPS) is 19.2. The van der Waals surface area contributed by atoms with Crippen LogP contribution in [0, 0.1) is 13.8 Å². The van der Waals surface area contributed by atoms with Crippen LogP contribution in [0.3, 0.4) is 0 Å². The Morgan fingerprint density at radius 2 is 2.06 bits per heavy atom. The van der Waals surface area contributed by atoms with Crippen molar-refractivity contribution in [1.82, 2.24) is 5.32 Å². The molecule has 0 saturated heterocycles. The van der Waals surface area contributed by atoms with Gasteiger partial charge in [-0.05, 0) is 38.3 Å². The van der Waals surface area contributed by atoms with Crippen molar-refractivity contribution in [2.24, 2.45) is 0 Å². The second-order valence-electron chi connectivity index (χ2n) is 4.94. The smallest absolute Gasteiger partial charge is 0.0613 e. The molecule has 1 saturated carbocycles. The summed E-state index contributed by atoms with van der Waals surface area (Å²) in [5.74, 6) is 0. The van der Waals surface area contributed by atoms with Gasteiger partial charge in [-0.3, -0.25) is 0 Å². The van der Waals surface area contributed by atoms with Gasteiger partial charge in [0.2, 0.25) is 0 Å². The molecule has 0 amide bonds. The van der Waals surface area contributed by atoms with Gasteiger partial charge in [-0.15, -0.1) is 11.3 Å². The maximum Gasteiger partial charge on any atom is 0.0613 e. The van der Waals surface area contributed by atoms with Crippen molar-refractivity contribution in [3.8, 4) is 0 Å². The average molecular weight is 239 g/mol. The molecule has 1 aromatic heterocycles. The third kappa shape index (κ3) is 2.47. The fourth-order valence-corrected chi connectivity index (χ4v) is 3.53. The molecule has 16 heavy (non-hydrogen) atoms. The largest absolute Gasteiger partial charge is 0.394 e. The molecule has 0 spiro atoms. The van der Waals surface area contributed by atoms with Crippen molar-refractivity contribution in [2.75, 3.05) is 6.61 Å². The van der Waals surface area contributed by atoms with Crippen molar-refractivity contribution in [3.63, 3.8) is 0 Å². The molecule has 0 unspecified atom stereocenters. The minimum atomic E-state index is 0.00226. The average Bonchev–Trinajstić information content (AvgIpc) is 2.84. The first-order valence-electron chi connectivity index (χ1n) is 6.07. The van der Waals surface area contributed by atoms with E-state index in [4.69, 9.17) is 0 Å². The minimum absolute atomic E-state index is 0.00226. The van der Waals surface area contributed by atoms with Crippen LogP contribution in [0.1, 0.15) is 41.0 Å². The van der Waals surface area contributed by atoms with E-state index in [9.17, 15) is 5.11 Å². The van der Waals surface area contributed by atoms with Crippen LogP contribution in [0.25, 0.3) is 0 Å². The Balaban J connectivity index is 1.98. The molecule has 0 atom stereocenters. The summed E-state index contributed by atoms with van der Waals surface area (Å²) in [4.78, 5) is 2.77. The van der Waals surface area contributed by atoms with Crippen molar-refractivity contribution in [3.05, 3.63) is 21.4 Å².